The molecule has 342 valence electrons. The van der Waals surface area contributed by atoms with Crippen LogP contribution in [0, 0.1) is 0 Å². The Morgan fingerprint density at radius 2 is 1.14 bits per heavy atom. The highest BCUT2D eigenvalue weighted by molar-refractivity contribution is 8.00. The predicted octanol–water partition coefficient (Wildman–Crippen LogP) is 0.912. The number of aliphatic hydroxyl groups excluding tert-OH is 5. The van der Waals surface area contributed by atoms with E-state index in [-0.39, 0.29) is 36.1 Å². The molecule has 2 saturated heterocycles. The molecule has 0 bridgehead atoms. The molecule has 19 heteroatoms. The Balaban J connectivity index is 1.47. The van der Waals surface area contributed by atoms with Crippen LogP contribution >= 0.6 is 23.5 Å². The van der Waals surface area contributed by atoms with Gasteiger partial charge in [0.2, 0.25) is 29.5 Å². The summed E-state index contributed by atoms with van der Waals surface area (Å²) < 4.78 is 11.4. The number of carbonyl (C=O) groups excluding carboxylic acids is 5. The zero-order chi connectivity index (χ0) is 43.6. The summed E-state index contributed by atoms with van der Waals surface area (Å²) in [6.07, 6.45) is 5.66. The molecule has 2 aliphatic rings. The molecule has 2 fully saturated rings. The Bertz CT molecular complexity index is 1240. The number of aliphatic hydroxyl groups is 5. The van der Waals surface area contributed by atoms with Gasteiger partial charge in [0.1, 0.15) is 41.4 Å². The summed E-state index contributed by atoms with van der Waals surface area (Å²) in [4.78, 5) is 62.2. The largest absolute Gasteiger partial charge is 0.394 e. The zero-order valence-corrected chi connectivity index (χ0v) is 37.0. The van der Waals surface area contributed by atoms with E-state index in [1.807, 2.05) is 11.8 Å². The lowest BCUT2D eigenvalue weighted by Crippen LogP contribution is -2.63. The van der Waals surface area contributed by atoms with Crippen LogP contribution in [0.5, 0.6) is 0 Å². The number of rotatable bonds is 30. The van der Waals surface area contributed by atoms with Gasteiger partial charge in [-0.2, -0.15) is 0 Å². The molecule has 59 heavy (non-hydrogen) atoms. The number of hydrogen-bond donors (Lipinski definition) is 9. The van der Waals surface area contributed by atoms with Crippen LogP contribution < -0.4 is 21.3 Å². The van der Waals surface area contributed by atoms with E-state index >= 15 is 0 Å². The van der Waals surface area contributed by atoms with Gasteiger partial charge in [0.05, 0.1) is 25.3 Å². The molecule has 2 rings (SSSR count). The van der Waals surface area contributed by atoms with Crippen molar-refractivity contribution in [2.24, 2.45) is 0 Å². The minimum Gasteiger partial charge on any atom is -0.394 e. The third-order valence-corrected chi connectivity index (χ3v) is 12.8. The summed E-state index contributed by atoms with van der Waals surface area (Å²) in [6, 6.07) is -1.46. The lowest BCUT2D eigenvalue weighted by Gasteiger charge is -2.42. The fraction of sp³-hybridized carbons (Fsp3) is 0.875. The second-order valence-electron chi connectivity index (χ2n) is 15.3. The van der Waals surface area contributed by atoms with Gasteiger partial charge in [0.15, 0.2) is 0 Å². The molecule has 0 aromatic rings. The quantitative estimate of drug-likeness (QED) is 0.0455. The number of carbonyl (C=O) groups is 5. The number of nitrogens with one attached hydrogen (secondary N) is 4. The van der Waals surface area contributed by atoms with Gasteiger partial charge in [-0.1, -0.05) is 32.6 Å². The van der Waals surface area contributed by atoms with Crippen molar-refractivity contribution in [3.05, 3.63) is 0 Å². The minimum atomic E-state index is -1.30. The highest BCUT2D eigenvalue weighted by Crippen LogP contribution is 2.29. The molecule has 17 nitrogen and oxygen atoms in total. The van der Waals surface area contributed by atoms with Gasteiger partial charge in [-0.15, -0.1) is 23.5 Å². The SMILES string of the molecule is CCC(=O)N(CCCCCC(=O)NCCCCCS[C@@H]1OC[C@H](O)[C@@H](O)C1NC(C)=O)CCCCCC(=O)NCCCCCS[C@@H]1OC(CO)[C@H](O)[C@@H](O)C1NC(C)=O. The van der Waals surface area contributed by atoms with Crippen LogP contribution in [0.1, 0.15) is 117 Å². The Morgan fingerprint density at radius 3 is 1.63 bits per heavy atom. The second kappa shape index (κ2) is 30.7. The first-order valence-corrected chi connectivity index (χ1v) is 23.6. The monoisotopic (exact) mass is 879 g/mol. The number of ether oxygens (including phenoxy) is 2. The van der Waals surface area contributed by atoms with Crippen molar-refractivity contribution < 1.29 is 59.0 Å². The molecule has 0 aliphatic carbocycles. The number of amides is 5. The maximum atomic E-state index is 12.5. The fourth-order valence-corrected chi connectivity index (χ4v) is 9.38. The van der Waals surface area contributed by atoms with Crippen LogP contribution in [0.2, 0.25) is 0 Å². The van der Waals surface area contributed by atoms with Gasteiger partial charge in [-0.3, -0.25) is 24.0 Å². The summed E-state index contributed by atoms with van der Waals surface area (Å²) in [5, 5.41) is 61.4. The Hall–Kier alpha value is -2.23. The number of hydrogen-bond acceptors (Lipinski definition) is 14. The van der Waals surface area contributed by atoms with E-state index in [1.165, 1.54) is 37.4 Å². The van der Waals surface area contributed by atoms with Crippen LogP contribution in [0.15, 0.2) is 0 Å². The molecule has 0 aromatic heterocycles. The average molecular weight is 880 g/mol. The molecule has 3 unspecified atom stereocenters. The minimum absolute atomic E-state index is 0.00432. The first-order chi connectivity index (χ1) is 28.3. The summed E-state index contributed by atoms with van der Waals surface area (Å²) in [6.45, 7) is 6.59. The van der Waals surface area contributed by atoms with E-state index in [0.29, 0.717) is 51.2 Å². The Kier molecular flexibility index (Phi) is 27.6. The first kappa shape index (κ1) is 52.9. The standard InChI is InChI=1S/C40H73N5O12S2/c1-4-33(52)45(21-13-5-9-17-31(50)41-19-11-7-15-23-58-39-34(43-27(2)47)36(53)29(49)26-56-39)22-14-6-10-18-32(51)42-20-12-8-16-24-59-40-35(44-28(3)48)38(55)37(54)30(25-46)57-40/h29-30,34-40,46,49,53-55H,4-26H2,1-3H3,(H,41,50)(H,42,51)(H,43,47)(H,44,48)/t29-,30?,34?,35?,36+,37-,38-,39-,40-/m0/s1. The summed E-state index contributed by atoms with van der Waals surface area (Å²) >= 11 is 2.91. The van der Waals surface area contributed by atoms with Gasteiger partial charge in [-0.25, -0.2) is 0 Å². The molecular weight excluding hydrogens is 807 g/mol. The van der Waals surface area contributed by atoms with Crippen molar-refractivity contribution in [3.8, 4) is 0 Å². The van der Waals surface area contributed by atoms with Gasteiger partial charge in [0.25, 0.3) is 0 Å². The van der Waals surface area contributed by atoms with E-state index in [2.05, 4.69) is 21.3 Å². The third-order valence-electron chi connectivity index (χ3n) is 10.3. The molecule has 9 N–H and O–H groups in total. The van der Waals surface area contributed by atoms with Gasteiger partial charge >= 0.3 is 0 Å². The number of thioether (sulfide) groups is 2. The molecule has 2 heterocycles. The van der Waals surface area contributed by atoms with Crippen LogP contribution in [0.25, 0.3) is 0 Å². The Morgan fingerprint density at radius 1 is 0.644 bits per heavy atom. The van der Waals surface area contributed by atoms with Gasteiger partial charge in [0, 0.05) is 59.3 Å². The molecule has 0 spiro atoms. The average Bonchev–Trinajstić information content (AvgIpc) is 3.20. The molecular formula is C40H73N5O12S2. The lowest BCUT2D eigenvalue weighted by atomic mass is 9.98. The second-order valence-corrected chi connectivity index (χ2v) is 17.7. The Labute approximate surface area is 358 Å². The predicted molar refractivity (Wildman–Crippen MR) is 227 cm³/mol. The van der Waals surface area contributed by atoms with Gasteiger partial charge < -0.3 is 61.2 Å². The number of unbranched alkanes of at least 4 members (excludes halogenated alkanes) is 8. The van der Waals surface area contributed by atoms with E-state index < -0.39 is 60.1 Å². The highest BCUT2D eigenvalue weighted by Gasteiger charge is 2.45. The van der Waals surface area contributed by atoms with Crippen molar-refractivity contribution in [2.45, 2.75) is 171 Å². The zero-order valence-electron chi connectivity index (χ0n) is 35.3. The molecule has 0 saturated carbocycles. The normalized spacial score (nSPS) is 25.5. The third kappa shape index (κ3) is 21.4. The smallest absolute Gasteiger partial charge is 0.222 e. The molecule has 0 radical (unpaired) electrons. The van der Waals surface area contributed by atoms with E-state index in [4.69, 9.17) is 9.47 Å². The number of nitrogens with zero attached hydrogens (tertiary/aromatic N) is 1. The topological polar surface area (TPSA) is 256 Å². The summed E-state index contributed by atoms with van der Waals surface area (Å²) in [7, 11) is 0. The lowest BCUT2D eigenvalue weighted by molar-refractivity contribution is -0.173. The fourth-order valence-electron chi connectivity index (χ4n) is 6.90. The van der Waals surface area contributed by atoms with E-state index in [0.717, 1.165) is 82.8 Å². The molecule has 9 atom stereocenters. The highest BCUT2D eigenvalue weighted by atomic mass is 32.2. The van der Waals surface area contributed by atoms with Crippen molar-refractivity contribution in [1.82, 2.24) is 26.2 Å². The molecule has 0 aromatic carbocycles. The van der Waals surface area contributed by atoms with Crippen LogP contribution in [0.4, 0.5) is 0 Å². The van der Waals surface area contributed by atoms with Crippen molar-refractivity contribution in [2.75, 3.05) is 50.9 Å². The van der Waals surface area contributed by atoms with Crippen molar-refractivity contribution in [1.29, 1.82) is 0 Å². The summed E-state index contributed by atoms with van der Waals surface area (Å²) in [5.74, 6) is 0.931. The van der Waals surface area contributed by atoms with E-state index in [9.17, 15) is 49.5 Å². The van der Waals surface area contributed by atoms with Crippen LogP contribution in [-0.2, 0) is 33.4 Å². The maximum Gasteiger partial charge on any atom is 0.222 e. The molecule has 2 aliphatic heterocycles. The van der Waals surface area contributed by atoms with Crippen molar-refractivity contribution >= 4 is 53.1 Å². The maximum absolute atomic E-state index is 12.5. The van der Waals surface area contributed by atoms with Crippen molar-refractivity contribution in [3.63, 3.8) is 0 Å². The molecule has 5 amide bonds. The van der Waals surface area contributed by atoms with E-state index in [1.54, 1.807) is 0 Å². The van der Waals surface area contributed by atoms with Gasteiger partial charge in [-0.05, 0) is 62.9 Å². The summed E-state index contributed by atoms with van der Waals surface area (Å²) in [5.41, 5.74) is -1.04. The van der Waals surface area contributed by atoms with Crippen LogP contribution in [-0.4, -0.2) is 164 Å². The first-order valence-electron chi connectivity index (χ1n) is 21.5. The van der Waals surface area contributed by atoms with Crippen LogP contribution in [0.3, 0.4) is 0 Å².